The fraction of sp³-hybridized carbons (Fsp3) is 0.174. The molecule has 6 heteroatoms. The molecule has 0 saturated carbocycles. The van der Waals surface area contributed by atoms with E-state index in [9.17, 15) is 9.59 Å². The number of aromatic nitrogens is 1. The zero-order valence-corrected chi connectivity index (χ0v) is 16.4. The molecule has 6 nitrogen and oxygen atoms in total. The number of carbonyl (C=O) groups excluding carboxylic acids is 2. The summed E-state index contributed by atoms with van der Waals surface area (Å²) in [6.45, 7) is 2.02. The number of para-hydroxylation sites is 1. The maximum absolute atomic E-state index is 12.5. The van der Waals surface area contributed by atoms with Crippen molar-refractivity contribution >= 4 is 23.1 Å². The van der Waals surface area contributed by atoms with Gasteiger partial charge in [0, 0.05) is 24.0 Å². The first-order valence-electron chi connectivity index (χ1n) is 9.30. The van der Waals surface area contributed by atoms with Gasteiger partial charge >= 0.3 is 0 Å². The highest BCUT2D eigenvalue weighted by Crippen LogP contribution is 2.19. The maximum atomic E-state index is 12.5. The summed E-state index contributed by atoms with van der Waals surface area (Å²) in [5.74, 6) is 0.637. The summed E-state index contributed by atoms with van der Waals surface area (Å²) in [5, 5.41) is 6.10. The van der Waals surface area contributed by atoms with E-state index in [1.807, 2.05) is 36.4 Å². The summed E-state index contributed by atoms with van der Waals surface area (Å²) < 4.78 is 5.33. The number of amides is 1. The minimum atomic E-state index is -0.192. The largest absolute Gasteiger partial charge is 0.496 e. The number of hydrogen-bond donors (Lipinski definition) is 2. The van der Waals surface area contributed by atoms with Gasteiger partial charge in [0.15, 0.2) is 5.78 Å². The number of pyridine rings is 1. The average Bonchev–Trinajstić information content (AvgIpc) is 2.74. The third-order valence-corrected chi connectivity index (χ3v) is 4.45. The molecule has 0 unspecified atom stereocenters. The molecular formula is C23H23N3O3. The summed E-state index contributed by atoms with van der Waals surface area (Å²) in [6, 6.07) is 16.6. The molecule has 0 bridgehead atoms. The molecule has 2 aromatic carbocycles. The van der Waals surface area contributed by atoms with Crippen LogP contribution in [0.15, 0.2) is 67.0 Å². The second-order valence-corrected chi connectivity index (χ2v) is 6.54. The summed E-state index contributed by atoms with van der Waals surface area (Å²) >= 11 is 0. The molecule has 0 radical (unpaired) electrons. The zero-order chi connectivity index (χ0) is 20.6. The SMILES string of the molecule is COc1ccccc1CCNC(=O)c1cncc(Nc2ccc(C(C)=O)cc2)c1. The fourth-order valence-corrected chi connectivity index (χ4v) is 2.91. The molecule has 0 aliphatic carbocycles. The molecule has 3 rings (SSSR count). The van der Waals surface area contributed by atoms with Crippen LogP contribution >= 0.6 is 0 Å². The maximum Gasteiger partial charge on any atom is 0.252 e. The summed E-state index contributed by atoms with van der Waals surface area (Å²) in [5.41, 5.74) is 3.66. The van der Waals surface area contributed by atoms with Crippen molar-refractivity contribution in [2.24, 2.45) is 0 Å². The number of nitrogens with zero attached hydrogens (tertiary/aromatic N) is 1. The Labute approximate surface area is 169 Å². The third-order valence-electron chi connectivity index (χ3n) is 4.45. The smallest absolute Gasteiger partial charge is 0.252 e. The molecule has 0 aliphatic heterocycles. The van der Waals surface area contributed by atoms with E-state index in [0.29, 0.717) is 29.8 Å². The molecule has 29 heavy (non-hydrogen) atoms. The molecule has 1 amide bonds. The van der Waals surface area contributed by atoms with Gasteiger partial charge in [-0.05, 0) is 55.3 Å². The highest BCUT2D eigenvalue weighted by atomic mass is 16.5. The molecule has 148 valence electrons. The van der Waals surface area contributed by atoms with Gasteiger partial charge in [0.25, 0.3) is 5.91 Å². The summed E-state index contributed by atoms with van der Waals surface area (Å²) in [4.78, 5) is 28.0. The first kappa shape index (κ1) is 20.1. The van der Waals surface area contributed by atoms with Gasteiger partial charge in [-0.3, -0.25) is 14.6 Å². The van der Waals surface area contributed by atoms with Crippen LogP contribution in [0.5, 0.6) is 5.75 Å². The first-order chi connectivity index (χ1) is 14.1. The van der Waals surface area contributed by atoms with Gasteiger partial charge in [-0.2, -0.15) is 0 Å². The molecule has 0 saturated heterocycles. The Morgan fingerprint density at radius 3 is 2.45 bits per heavy atom. The molecule has 3 aromatic rings. The number of ketones is 1. The van der Waals surface area contributed by atoms with Crippen LogP contribution < -0.4 is 15.4 Å². The lowest BCUT2D eigenvalue weighted by atomic mass is 10.1. The van der Waals surface area contributed by atoms with Crippen LogP contribution in [0.2, 0.25) is 0 Å². The van der Waals surface area contributed by atoms with E-state index in [4.69, 9.17) is 4.74 Å². The summed E-state index contributed by atoms with van der Waals surface area (Å²) in [7, 11) is 1.63. The van der Waals surface area contributed by atoms with E-state index in [2.05, 4.69) is 15.6 Å². The minimum absolute atomic E-state index is 0.0185. The van der Waals surface area contributed by atoms with E-state index in [1.165, 1.54) is 13.1 Å². The average molecular weight is 389 g/mol. The van der Waals surface area contributed by atoms with Crippen molar-refractivity contribution < 1.29 is 14.3 Å². The molecule has 2 N–H and O–H groups in total. The van der Waals surface area contributed by atoms with Crippen LogP contribution in [0, 0.1) is 0 Å². The van der Waals surface area contributed by atoms with E-state index in [0.717, 1.165) is 17.0 Å². The van der Waals surface area contributed by atoms with Gasteiger partial charge in [-0.1, -0.05) is 18.2 Å². The van der Waals surface area contributed by atoms with Crippen molar-refractivity contribution in [3.05, 3.63) is 83.7 Å². The number of Topliss-reactive ketones (excluding diaryl/α,β-unsaturated/α-hetero) is 1. The first-order valence-corrected chi connectivity index (χ1v) is 9.30. The van der Waals surface area contributed by atoms with Crippen LogP contribution in [0.1, 0.15) is 33.2 Å². The Bertz CT molecular complexity index is 1000. The number of carbonyl (C=O) groups is 2. The Morgan fingerprint density at radius 1 is 0.966 bits per heavy atom. The van der Waals surface area contributed by atoms with Gasteiger partial charge in [0.1, 0.15) is 5.75 Å². The van der Waals surface area contributed by atoms with Crippen LogP contribution in [-0.2, 0) is 6.42 Å². The zero-order valence-electron chi connectivity index (χ0n) is 16.4. The van der Waals surface area contributed by atoms with E-state index in [1.54, 1.807) is 31.5 Å². The Hall–Kier alpha value is -3.67. The van der Waals surface area contributed by atoms with Crippen molar-refractivity contribution in [2.45, 2.75) is 13.3 Å². The van der Waals surface area contributed by atoms with Crippen LogP contribution in [0.3, 0.4) is 0 Å². The van der Waals surface area contributed by atoms with Gasteiger partial charge in [0.2, 0.25) is 0 Å². The van der Waals surface area contributed by atoms with E-state index < -0.39 is 0 Å². The summed E-state index contributed by atoms with van der Waals surface area (Å²) in [6.07, 6.45) is 3.84. The predicted octanol–water partition coefficient (Wildman–Crippen LogP) is 4.01. The number of ether oxygens (including phenoxy) is 1. The highest BCUT2D eigenvalue weighted by Gasteiger charge is 2.08. The highest BCUT2D eigenvalue weighted by molar-refractivity contribution is 5.95. The van der Waals surface area contributed by atoms with Crippen molar-refractivity contribution in [1.29, 1.82) is 0 Å². The molecule has 1 aromatic heterocycles. The van der Waals surface area contributed by atoms with Gasteiger partial charge in [-0.25, -0.2) is 0 Å². The normalized spacial score (nSPS) is 10.3. The molecule has 0 spiro atoms. The standard InChI is InChI=1S/C23H23N3O3/c1-16(27)17-7-9-20(10-8-17)26-21-13-19(14-24-15-21)23(28)25-12-11-18-5-3-4-6-22(18)29-2/h3-10,13-15,26H,11-12H2,1-2H3,(H,25,28). The van der Waals surface area contributed by atoms with Crippen LogP contribution in [0.4, 0.5) is 11.4 Å². The van der Waals surface area contributed by atoms with Gasteiger partial charge < -0.3 is 15.4 Å². The topological polar surface area (TPSA) is 80.3 Å². The lowest BCUT2D eigenvalue weighted by Crippen LogP contribution is -2.26. The number of hydrogen-bond acceptors (Lipinski definition) is 5. The molecule has 0 fully saturated rings. The fourth-order valence-electron chi connectivity index (χ4n) is 2.91. The second-order valence-electron chi connectivity index (χ2n) is 6.54. The van der Waals surface area contributed by atoms with Crippen molar-refractivity contribution in [2.75, 3.05) is 19.0 Å². The minimum Gasteiger partial charge on any atom is -0.496 e. The van der Waals surface area contributed by atoms with Crippen molar-refractivity contribution in [3.63, 3.8) is 0 Å². The molecule has 0 atom stereocenters. The molecule has 0 aliphatic rings. The lowest BCUT2D eigenvalue weighted by molar-refractivity contribution is 0.0952. The van der Waals surface area contributed by atoms with E-state index in [-0.39, 0.29) is 11.7 Å². The Balaban J connectivity index is 1.59. The van der Waals surface area contributed by atoms with Crippen LogP contribution in [-0.4, -0.2) is 30.3 Å². The Morgan fingerprint density at radius 2 is 1.72 bits per heavy atom. The predicted molar refractivity (Wildman–Crippen MR) is 113 cm³/mol. The number of anilines is 2. The Kier molecular flexibility index (Phi) is 6.58. The monoisotopic (exact) mass is 389 g/mol. The number of methoxy groups -OCH3 is 1. The van der Waals surface area contributed by atoms with E-state index >= 15 is 0 Å². The van der Waals surface area contributed by atoms with Crippen molar-refractivity contribution in [1.82, 2.24) is 10.3 Å². The molecule has 1 heterocycles. The lowest BCUT2D eigenvalue weighted by Gasteiger charge is -2.10. The van der Waals surface area contributed by atoms with Gasteiger partial charge in [-0.15, -0.1) is 0 Å². The number of benzene rings is 2. The van der Waals surface area contributed by atoms with Crippen molar-refractivity contribution in [3.8, 4) is 5.75 Å². The third kappa shape index (κ3) is 5.42. The number of rotatable bonds is 8. The van der Waals surface area contributed by atoms with Crippen LogP contribution in [0.25, 0.3) is 0 Å². The second kappa shape index (κ2) is 9.50. The molecular weight excluding hydrogens is 366 g/mol. The van der Waals surface area contributed by atoms with Gasteiger partial charge in [0.05, 0.1) is 24.6 Å². The number of nitrogens with one attached hydrogen (secondary N) is 2. The quantitative estimate of drug-likeness (QED) is 0.569.